The summed E-state index contributed by atoms with van der Waals surface area (Å²) in [6, 6.07) is 6.38. The van der Waals surface area contributed by atoms with Crippen molar-refractivity contribution in [1.82, 2.24) is 10.2 Å². The summed E-state index contributed by atoms with van der Waals surface area (Å²) in [7, 11) is -2.16. The largest absolute Gasteiger partial charge is 0.432 e. The topological polar surface area (TPSA) is 48.9 Å². The van der Waals surface area contributed by atoms with Gasteiger partial charge in [-0.15, -0.1) is 0 Å². The predicted molar refractivity (Wildman–Crippen MR) is 86.3 cm³/mol. The molecule has 2 aromatic rings. The van der Waals surface area contributed by atoms with Crippen LogP contribution in [0.4, 0.5) is 0 Å². The fourth-order valence-electron chi connectivity index (χ4n) is 1.87. The molecular weight excluding hydrogens is 355 g/mol. The first-order valence-corrected chi connectivity index (χ1v) is 10.1. The summed E-state index contributed by atoms with van der Waals surface area (Å²) in [5.41, 5.74) is 2.34. The summed E-state index contributed by atoms with van der Waals surface area (Å²) in [6.45, 7) is 8.33. The summed E-state index contributed by atoms with van der Waals surface area (Å²) >= 11 is 2.24. The van der Waals surface area contributed by atoms with E-state index in [9.17, 15) is 4.80 Å². The van der Waals surface area contributed by atoms with Gasteiger partial charge in [-0.05, 0) is 64.8 Å². The summed E-state index contributed by atoms with van der Waals surface area (Å²) in [6.07, 6.45) is 0.903. The molecule has 0 saturated heterocycles. The fourth-order valence-corrected chi connectivity index (χ4v) is 3.07. The highest BCUT2D eigenvalue weighted by Crippen LogP contribution is 2.39. The molecule has 5 heteroatoms. The van der Waals surface area contributed by atoms with Crippen molar-refractivity contribution in [3.05, 3.63) is 27.5 Å². The number of rotatable bonds is 3. The highest BCUT2D eigenvalue weighted by Gasteiger charge is 2.37. The zero-order chi connectivity index (χ0) is 13.6. The molecule has 0 unspecified atom stereocenters. The Kier molecular flexibility index (Phi) is 3.59. The number of benzene rings is 1. The van der Waals surface area contributed by atoms with Crippen molar-refractivity contribution in [1.29, 1.82) is 0 Å². The van der Waals surface area contributed by atoms with E-state index in [1.807, 2.05) is 13.1 Å². The number of aromatic nitrogens is 2. The van der Waals surface area contributed by atoms with E-state index in [2.05, 4.69) is 64.8 Å². The highest BCUT2D eigenvalue weighted by molar-refractivity contribution is 14.1. The number of nitrogens with zero attached hydrogens (tertiary/aromatic N) is 1. The fraction of sp³-hybridized carbons (Fsp3) is 0.462. The van der Waals surface area contributed by atoms with Crippen LogP contribution in [-0.4, -0.2) is 23.3 Å². The third-order valence-corrected chi connectivity index (χ3v) is 8.19. The van der Waals surface area contributed by atoms with Crippen molar-refractivity contribution in [2.75, 3.05) is 0 Å². The number of fused-ring (bicyclic) bond motifs is 1. The van der Waals surface area contributed by atoms with Gasteiger partial charge in [0.15, 0.2) is 8.32 Å². The van der Waals surface area contributed by atoms with Crippen LogP contribution in [0.25, 0.3) is 10.9 Å². The van der Waals surface area contributed by atoms with Gasteiger partial charge in [0.25, 0.3) is 0 Å². The van der Waals surface area contributed by atoms with Crippen LogP contribution in [0.5, 0.6) is 0 Å². The lowest BCUT2D eigenvalue weighted by atomic mass is 10.0. The molecule has 0 saturated carbocycles. The van der Waals surface area contributed by atoms with Crippen LogP contribution in [0.1, 0.15) is 19.4 Å². The average Bonchev–Trinajstić information content (AvgIpc) is 2.58. The summed E-state index contributed by atoms with van der Waals surface area (Å²) in [4.78, 5) is 10.4. The molecule has 0 aliphatic carbocycles. The number of halogens is 1. The smallest absolute Gasteiger partial charge is 0.188 e. The molecule has 0 bridgehead atoms. The first kappa shape index (κ1) is 14.0. The first-order valence-electron chi connectivity index (χ1n) is 6.05. The number of hydrogen-bond acceptors (Lipinski definition) is 2. The van der Waals surface area contributed by atoms with Crippen molar-refractivity contribution in [3.8, 4) is 0 Å². The van der Waals surface area contributed by atoms with Gasteiger partial charge in [-0.25, -0.2) is 0 Å². The number of H-pyrrole nitrogens is 1. The Morgan fingerprint density at radius 1 is 1.39 bits per heavy atom. The minimum atomic E-state index is -2.16. The molecular formula is C13H19IN2OSi. The Morgan fingerprint density at radius 2 is 2.06 bits per heavy atom. The van der Waals surface area contributed by atoms with Crippen LogP contribution in [0.2, 0.25) is 18.1 Å². The summed E-state index contributed by atoms with van der Waals surface area (Å²) < 4.78 is 1.00. The summed E-state index contributed by atoms with van der Waals surface area (Å²) in [5.74, 6) is 0. The molecule has 0 fully saturated rings. The second-order valence-corrected chi connectivity index (χ2v) is 11.5. The maximum absolute atomic E-state index is 10.4. The predicted octanol–water partition coefficient (Wildman–Crippen LogP) is 3.69. The van der Waals surface area contributed by atoms with E-state index >= 15 is 0 Å². The molecule has 3 nitrogen and oxygen atoms in total. The van der Waals surface area contributed by atoms with Crippen molar-refractivity contribution in [2.24, 2.45) is 0 Å². The van der Waals surface area contributed by atoms with Crippen LogP contribution in [-0.2, 0) is 6.42 Å². The first-order chi connectivity index (χ1) is 8.21. The highest BCUT2D eigenvalue weighted by atomic mass is 127. The minimum Gasteiger partial charge on any atom is -0.432 e. The van der Waals surface area contributed by atoms with Crippen LogP contribution in [0.15, 0.2) is 18.2 Å². The molecule has 0 amide bonds. The number of aromatic amines is 1. The SMILES string of the molecule is CC(C)(Cc1ccc2[nH]nc(I)c2c1)[Si](C)(C)O. The molecule has 0 atom stereocenters. The maximum atomic E-state index is 10.4. The van der Waals surface area contributed by atoms with Crippen LogP contribution < -0.4 is 0 Å². The number of nitrogens with one attached hydrogen (secondary N) is 1. The van der Waals surface area contributed by atoms with E-state index in [-0.39, 0.29) is 5.04 Å². The van der Waals surface area contributed by atoms with E-state index in [0.29, 0.717) is 0 Å². The Bertz CT molecular complexity index is 572. The van der Waals surface area contributed by atoms with Gasteiger partial charge in [0.1, 0.15) is 3.70 Å². The van der Waals surface area contributed by atoms with Crippen LogP contribution in [0.3, 0.4) is 0 Å². The second-order valence-electron chi connectivity index (χ2n) is 6.01. The number of hydrogen-bond donors (Lipinski definition) is 2. The third kappa shape index (κ3) is 2.62. The second kappa shape index (κ2) is 4.61. The van der Waals surface area contributed by atoms with Gasteiger partial charge < -0.3 is 4.80 Å². The molecule has 0 radical (unpaired) electrons. The summed E-state index contributed by atoms with van der Waals surface area (Å²) in [5, 5.41) is 8.35. The van der Waals surface area contributed by atoms with Crippen molar-refractivity contribution in [3.63, 3.8) is 0 Å². The lowest BCUT2D eigenvalue weighted by Crippen LogP contribution is -2.40. The molecule has 1 aromatic carbocycles. The molecule has 1 heterocycles. The van der Waals surface area contributed by atoms with Gasteiger partial charge in [-0.3, -0.25) is 5.10 Å². The monoisotopic (exact) mass is 374 g/mol. The minimum absolute atomic E-state index is 0.0319. The van der Waals surface area contributed by atoms with Gasteiger partial charge in [0.2, 0.25) is 0 Å². The molecule has 2 rings (SSSR count). The maximum Gasteiger partial charge on any atom is 0.188 e. The van der Waals surface area contributed by atoms with E-state index in [0.717, 1.165) is 15.6 Å². The molecule has 0 aliphatic rings. The standard InChI is InChI=1S/C13H19IN2OSi/c1-13(2,18(3,4)17)8-9-5-6-11-10(7-9)12(14)16-15-11/h5-7,17H,8H2,1-4H3,(H,15,16). The van der Waals surface area contributed by atoms with Crippen LogP contribution >= 0.6 is 22.6 Å². The lowest BCUT2D eigenvalue weighted by Gasteiger charge is -2.35. The van der Waals surface area contributed by atoms with Gasteiger partial charge in [0.05, 0.1) is 5.52 Å². The van der Waals surface area contributed by atoms with Gasteiger partial charge in [-0.2, -0.15) is 5.10 Å². The van der Waals surface area contributed by atoms with Crippen LogP contribution in [0, 0.1) is 3.70 Å². The molecule has 18 heavy (non-hydrogen) atoms. The molecule has 1 aromatic heterocycles. The third-order valence-electron chi connectivity index (χ3n) is 3.88. The molecule has 0 aliphatic heterocycles. The zero-order valence-corrected chi connectivity index (χ0v) is 14.4. The normalized spacial score (nSPS) is 13.2. The Labute approximate surface area is 122 Å². The van der Waals surface area contributed by atoms with E-state index in [4.69, 9.17) is 0 Å². The zero-order valence-electron chi connectivity index (χ0n) is 11.2. The molecule has 2 N–H and O–H groups in total. The quantitative estimate of drug-likeness (QED) is 0.636. The van der Waals surface area contributed by atoms with E-state index < -0.39 is 8.32 Å². The lowest BCUT2D eigenvalue weighted by molar-refractivity contribution is 0.467. The van der Waals surface area contributed by atoms with Gasteiger partial charge in [0, 0.05) is 5.39 Å². The Balaban J connectivity index is 2.35. The van der Waals surface area contributed by atoms with Crippen molar-refractivity contribution in [2.45, 2.75) is 38.4 Å². The van der Waals surface area contributed by atoms with Gasteiger partial charge >= 0.3 is 0 Å². The van der Waals surface area contributed by atoms with Crippen molar-refractivity contribution >= 4 is 41.8 Å². The molecule has 0 spiro atoms. The average molecular weight is 374 g/mol. The Hall–Kier alpha value is -0.403. The van der Waals surface area contributed by atoms with Gasteiger partial charge in [-0.1, -0.05) is 19.9 Å². The van der Waals surface area contributed by atoms with E-state index in [1.165, 1.54) is 10.9 Å². The molecule has 98 valence electrons. The Morgan fingerprint density at radius 3 is 2.67 bits per heavy atom. The van der Waals surface area contributed by atoms with Crippen molar-refractivity contribution < 1.29 is 4.80 Å². The van der Waals surface area contributed by atoms with E-state index in [1.54, 1.807) is 0 Å².